The van der Waals surface area contributed by atoms with Gasteiger partial charge < -0.3 is 15.2 Å². The van der Waals surface area contributed by atoms with Crippen LogP contribution >= 0.6 is 0 Å². The number of amides is 2. The first-order valence-electron chi connectivity index (χ1n) is 7.32. The molecule has 0 atom stereocenters. The lowest BCUT2D eigenvalue weighted by atomic mass is 10.2. The Kier molecular flexibility index (Phi) is 5.75. The van der Waals surface area contributed by atoms with Gasteiger partial charge in [0.1, 0.15) is 5.76 Å². The van der Waals surface area contributed by atoms with E-state index in [2.05, 4.69) is 20.5 Å². The Morgan fingerprint density at radius 1 is 1.08 bits per heavy atom. The molecule has 0 bridgehead atoms. The topological polar surface area (TPSA) is 130 Å². The summed E-state index contributed by atoms with van der Waals surface area (Å²) in [7, 11) is -3.36. The second-order valence-corrected chi connectivity index (χ2v) is 7.03. The van der Waals surface area contributed by atoms with Gasteiger partial charge in [-0.15, -0.1) is 0 Å². The molecule has 3 N–H and O–H groups in total. The van der Waals surface area contributed by atoms with Gasteiger partial charge in [-0.2, -0.15) is 0 Å². The predicted molar refractivity (Wildman–Crippen MR) is 90.8 cm³/mol. The van der Waals surface area contributed by atoms with Crippen LogP contribution in [0.15, 0.2) is 34.9 Å². The molecule has 2 amide bonds. The lowest BCUT2D eigenvalue weighted by molar-refractivity contribution is 0.0922. The summed E-state index contributed by atoms with van der Waals surface area (Å²) in [4.78, 5) is 23.7. The molecule has 1 heterocycles. The molecule has 0 spiro atoms. The second-order valence-electron chi connectivity index (χ2n) is 5.29. The first-order chi connectivity index (χ1) is 11.7. The van der Waals surface area contributed by atoms with Gasteiger partial charge in [-0.1, -0.05) is 5.16 Å². The number of hydrogen-bond acceptors (Lipinski definition) is 6. The fraction of sp³-hybridized carbons (Fsp3) is 0.267. The minimum Gasteiger partial charge on any atom is -0.361 e. The molecule has 0 aliphatic heterocycles. The number of carbonyl (C=O) groups excluding carboxylic acids is 2. The third kappa shape index (κ3) is 5.92. The molecule has 1 aromatic carbocycles. The van der Waals surface area contributed by atoms with Crippen molar-refractivity contribution in [2.45, 2.75) is 6.92 Å². The standard InChI is InChI=1S/C15H18N4O5S/c1-10-9-13(18-24-10)15(21)17-8-7-16-14(20)11-3-5-12(6-4-11)19-25(2,22)23/h3-6,9,19H,7-8H2,1-2H3,(H,16,20)(H,17,21). The molecular formula is C15H18N4O5S. The molecular weight excluding hydrogens is 348 g/mol. The molecule has 134 valence electrons. The minimum absolute atomic E-state index is 0.179. The highest BCUT2D eigenvalue weighted by atomic mass is 32.2. The van der Waals surface area contributed by atoms with E-state index >= 15 is 0 Å². The molecule has 2 aromatic rings. The number of sulfonamides is 1. The van der Waals surface area contributed by atoms with Gasteiger partial charge in [-0.25, -0.2) is 8.42 Å². The van der Waals surface area contributed by atoms with E-state index in [4.69, 9.17) is 4.52 Å². The van der Waals surface area contributed by atoms with E-state index in [1.54, 1.807) is 6.92 Å². The lowest BCUT2D eigenvalue weighted by Gasteiger charge is -2.07. The van der Waals surface area contributed by atoms with E-state index in [9.17, 15) is 18.0 Å². The van der Waals surface area contributed by atoms with Crippen molar-refractivity contribution in [3.8, 4) is 0 Å². The normalized spacial score (nSPS) is 11.0. The molecule has 9 nitrogen and oxygen atoms in total. The summed E-state index contributed by atoms with van der Waals surface area (Å²) < 4.78 is 29.3. The van der Waals surface area contributed by atoms with Gasteiger partial charge in [0.25, 0.3) is 11.8 Å². The Bertz CT molecular complexity index is 858. The molecule has 0 fully saturated rings. The average molecular weight is 366 g/mol. The van der Waals surface area contributed by atoms with Crippen molar-refractivity contribution in [1.82, 2.24) is 15.8 Å². The van der Waals surface area contributed by atoms with E-state index in [-0.39, 0.29) is 30.6 Å². The monoisotopic (exact) mass is 366 g/mol. The number of benzene rings is 1. The van der Waals surface area contributed by atoms with Crippen LogP contribution in [0.3, 0.4) is 0 Å². The Labute approximate surface area is 144 Å². The molecule has 2 rings (SSSR count). The zero-order valence-corrected chi connectivity index (χ0v) is 14.5. The molecule has 1 aromatic heterocycles. The summed E-state index contributed by atoms with van der Waals surface area (Å²) in [6.07, 6.45) is 1.04. The highest BCUT2D eigenvalue weighted by Gasteiger charge is 2.10. The Morgan fingerprint density at radius 3 is 2.20 bits per heavy atom. The van der Waals surface area contributed by atoms with E-state index < -0.39 is 10.0 Å². The smallest absolute Gasteiger partial charge is 0.273 e. The number of rotatable bonds is 7. The molecule has 0 aliphatic carbocycles. The van der Waals surface area contributed by atoms with Crippen molar-refractivity contribution in [2.75, 3.05) is 24.1 Å². The van der Waals surface area contributed by atoms with Crippen LogP contribution in [0.1, 0.15) is 26.6 Å². The van der Waals surface area contributed by atoms with Crippen LogP contribution in [0.2, 0.25) is 0 Å². The number of hydrogen-bond donors (Lipinski definition) is 3. The van der Waals surface area contributed by atoms with Crippen LogP contribution < -0.4 is 15.4 Å². The highest BCUT2D eigenvalue weighted by Crippen LogP contribution is 2.10. The van der Waals surface area contributed by atoms with E-state index in [1.165, 1.54) is 30.3 Å². The van der Waals surface area contributed by atoms with Gasteiger partial charge in [0.15, 0.2) is 5.69 Å². The predicted octanol–water partition coefficient (Wildman–Crippen LogP) is 0.514. The van der Waals surface area contributed by atoms with Crippen LogP contribution in [0.5, 0.6) is 0 Å². The minimum atomic E-state index is -3.36. The molecule has 0 saturated heterocycles. The SMILES string of the molecule is Cc1cc(C(=O)NCCNC(=O)c2ccc(NS(C)(=O)=O)cc2)no1. The lowest BCUT2D eigenvalue weighted by Crippen LogP contribution is -2.34. The van der Waals surface area contributed by atoms with Crippen molar-refractivity contribution >= 4 is 27.5 Å². The van der Waals surface area contributed by atoms with Gasteiger partial charge in [0, 0.05) is 30.4 Å². The van der Waals surface area contributed by atoms with Crippen LogP contribution in [-0.4, -0.2) is 44.7 Å². The largest absolute Gasteiger partial charge is 0.361 e. The maximum absolute atomic E-state index is 12.0. The van der Waals surface area contributed by atoms with E-state index in [0.717, 1.165) is 6.26 Å². The fourth-order valence-electron chi connectivity index (χ4n) is 1.92. The Hall–Kier alpha value is -2.88. The molecule has 25 heavy (non-hydrogen) atoms. The quantitative estimate of drug-likeness (QED) is 0.612. The molecule has 0 saturated carbocycles. The third-order valence-electron chi connectivity index (χ3n) is 3.01. The summed E-state index contributed by atoms with van der Waals surface area (Å²) >= 11 is 0. The van der Waals surface area contributed by atoms with E-state index in [1.807, 2.05) is 0 Å². The van der Waals surface area contributed by atoms with Crippen LogP contribution in [-0.2, 0) is 10.0 Å². The van der Waals surface area contributed by atoms with Crippen molar-refractivity contribution in [3.63, 3.8) is 0 Å². The Balaban J connectivity index is 1.77. The number of carbonyl (C=O) groups is 2. The number of nitrogens with one attached hydrogen (secondary N) is 3. The number of aromatic nitrogens is 1. The van der Waals surface area contributed by atoms with Crippen molar-refractivity contribution < 1.29 is 22.5 Å². The maximum atomic E-state index is 12.0. The summed E-state index contributed by atoms with van der Waals surface area (Å²) in [5.74, 6) is -0.188. The summed E-state index contributed by atoms with van der Waals surface area (Å²) in [5, 5.41) is 8.83. The maximum Gasteiger partial charge on any atom is 0.273 e. The van der Waals surface area contributed by atoms with E-state index in [0.29, 0.717) is 17.0 Å². The Morgan fingerprint density at radius 2 is 1.68 bits per heavy atom. The van der Waals surface area contributed by atoms with Gasteiger partial charge in [-0.3, -0.25) is 14.3 Å². The van der Waals surface area contributed by atoms with Crippen LogP contribution in [0.25, 0.3) is 0 Å². The second kappa shape index (κ2) is 7.79. The van der Waals surface area contributed by atoms with Crippen molar-refractivity contribution in [3.05, 3.63) is 47.3 Å². The summed E-state index contributed by atoms with van der Waals surface area (Å²) in [5.41, 5.74) is 0.921. The van der Waals surface area contributed by atoms with Gasteiger partial charge in [-0.05, 0) is 31.2 Å². The fourth-order valence-corrected chi connectivity index (χ4v) is 2.49. The molecule has 0 aliphatic rings. The highest BCUT2D eigenvalue weighted by molar-refractivity contribution is 7.92. The average Bonchev–Trinajstić information content (AvgIpc) is 2.97. The summed E-state index contributed by atoms with van der Waals surface area (Å²) in [6, 6.07) is 7.49. The number of anilines is 1. The van der Waals surface area contributed by atoms with Crippen molar-refractivity contribution in [2.24, 2.45) is 0 Å². The zero-order valence-electron chi connectivity index (χ0n) is 13.7. The first-order valence-corrected chi connectivity index (χ1v) is 9.21. The van der Waals surface area contributed by atoms with Gasteiger partial charge in [0.05, 0.1) is 6.26 Å². The van der Waals surface area contributed by atoms with Crippen LogP contribution in [0.4, 0.5) is 5.69 Å². The number of nitrogens with zero attached hydrogens (tertiary/aromatic N) is 1. The van der Waals surface area contributed by atoms with Gasteiger partial charge >= 0.3 is 0 Å². The van der Waals surface area contributed by atoms with Crippen LogP contribution in [0, 0.1) is 6.92 Å². The zero-order chi connectivity index (χ0) is 18.4. The van der Waals surface area contributed by atoms with Crippen molar-refractivity contribution in [1.29, 1.82) is 0 Å². The first kappa shape index (κ1) is 18.5. The summed E-state index contributed by atoms with van der Waals surface area (Å²) in [6.45, 7) is 2.13. The third-order valence-corrected chi connectivity index (χ3v) is 3.61. The molecule has 0 unspecified atom stereocenters. The molecule has 10 heteroatoms. The molecule has 0 radical (unpaired) electrons. The van der Waals surface area contributed by atoms with Gasteiger partial charge in [0.2, 0.25) is 10.0 Å². The number of aryl methyl sites for hydroxylation is 1.